The van der Waals surface area contributed by atoms with Gasteiger partial charge in [-0.3, -0.25) is 0 Å². The van der Waals surface area contributed by atoms with E-state index in [1.54, 1.807) is 18.9 Å². The van der Waals surface area contributed by atoms with Crippen molar-refractivity contribution in [3.8, 4) is 28.6 Å². The Morgan fingerprint density at radius 2 is 1.80 bits per heavy atom. The molecule has 1 saturated heterocycles. The van der Waals surface area contributed by atoms with E-state index in [4.69, 9.17) is 4.74 Å². The molecule has 2 heterocycles. The topological polar surface area (TPSA) is 93.9 Å². The maximum atomic E-state index is 12.8. The van der Waals surface area contributed by atoms with Gasteiger partial charge >= 0.3 is 12.4 Å². The molecule has 0 aliphatic carbocycles. The Balaban J connectivity index is 1.13. The van der Waals surface area contributed by atoms with Crippen molar-refractivity contribution in [1.82, 2.24) is 20.1 Å². The van der Waals surface area contributed by atoms with Gasteiger partial charge in [0.2, 0.25) is 0 Å². The number of hydrogen-bond acceptors (Lipinski definition) is 6. The fourth-order valence-corrected chi connectivity index (χ4v) is 5.95. The highest BCUT2D eigenvalue weighted by Gasteiger charge is 2.31. The number of nitrogens with one attached hydrogen (secondary N) is 1. The fraction of sp³-hybridized carbons (Fsp3) is 0.333. The first-order chi connectivity index (χ1) is 22.1. The number of carbonyl (C=O) groups excluding carboxylic acids is 1. The molecule has 242 valence electrons. The number of urea groups is 1. The molecule has 1 fully saturated rings. The molecule has 5 rings (SSSR count). The lowest BCUT2D eigenvalue weighted by Gasteiger charge is -2.32. The number of aryl methyl sites for hydroxylation is 1. The maximum Gasteiger partial charge on any atom is 0.573 e. The van der Waals surface area contributed by atoms with E-state index in [0.29, 0.717) is 29.1 Å². The number of ether oxygens (including phenoxy) is 2. The summed E-state index contributed by atoms with van der Waals surface area (Å²) >= 11 is 1.59. The molecule has 2 amide bonds. The SMILES string of the molecule is COc1ccc(C(C)C)c(N2CCCSC2=NC(=O)NCCCc2ccc(-c3ncn(-c4ccc(OC(F)(F)F)cc4)n3)cc2)c1. The van der Waals surface area contributed by atoms with E-state index in [1.165, 1.54) is 40.8 Å². The molecule has 4 aromatic rings. The largest absolute Gasteiger partial charge is 0.573 e. The van der Waals surface area contributed by atoms with Crippen molar-refractivity contribution in [1.29, 1.82) is 0 Å². The van der Waals surface area contributed by atoms with Crippen molar-refractivity contribution in [3.05, 3.63) is 84.2 Å². The van der Waals surface area contributed by atoms with Crippen LogP contribution in [0.1, 0.15) is 43.7 Å². The van der Waals surface area contributed by atoms with Crippen LogP contribution in [0.15, 0.2) is 78.0 Å². The first kappa shape index (κ1) is 32.9. The van der Waals surface area contributed by atoms with E-state index >= 15 is 0 Å². The van der Waals surface area contributed by atoms with E-state index < -0.39 is 6.36 Å². The second-order valence-electron chi connectivity index (χ2n) is 10.9. The average Bonchev–Trinajstić information content (AvgIpc) is 3.53. The van der Waals surface area contributed by atoms with Gasteiger partial charge in [-0.1, -0.05) is 55.9 Å². The van der Waals surface area contributed by atoms with E-state index in [0.717, 1.165) is 54.1 Å². The molecule has 1 N–H and O–H groups in total. The zero-order valence-corrected chi connectivity index (χ0v) is 26.6. The van der Waals surface area contributed by atoms with Crippen molar-refractivity contribution in [2.45, 2.75) is 45.4 Å². The number of methoxy groups -OCH3 is 1. The van der Waals surface area contributed by atoms with Gasteiger partial charge in [0.05, 0.1) is 12.8 Å². The number of aromatic nitrogens is 3. The minimum absolute atomic E-state index is 0.306. The molecule has 1 aliphatic heterocycles. The number of thioether (sulfide) groups is 1. The molecular weight excluding hydrogens is 617 g/mol. The predicted octanol–water partition coefficient (Wildman–Crippen LogP) is 7.61. The van der Waals surface area contributed by atoms with E-state index in [2.05, 4.69) is 49.9 Å². The Labute approximate surface area is 269 Å². The van der Waals surface area contributed by atoms with Gasteiger partial charge in [-0.15, -0.1) is 18.3 Å². The zero-order valence-electron chi connectivity index (χ0n) is 25.8. The van der Waals surface area contributed by atoms with Gasteiger partial charge < -0.3 is 19.7 Å². The molecular formula is C33H35F3N6O3S. The van der Waals surface area contributed by atoms with Crippen LogP contribution in [-0.2, 0) is 6.42 Å². The Morgan fingerprint density at radius 1 is 1.07 bits per heavy atom. The molecule has 0 atom stereocenters. The molecule has 0 radical (unpaired) electrons. The zero-order chi connectivity index (χ0) is 32.7. The van der Waals surface area contributed by atoms with Crippen LogP contribution in [0.5, 0.6) is 11.5 Å². The standard InChI is InChI=1S/C33H35F3N6O3S/c1-22(2)28-16-15-27(44-3)20-29(28)41-18-5-19-46-32(41)39-31(43)37-17-4-6-23-7-9-24(10-8-23)30-38-21-42(40-30)25-11-13-26(14-12-25)45-33(34,35)36/h7-16,20-22H,4-6,17-19H2,1-3H3,(H,37,43). The number of anilines is 1. The number of halogens is 3. The van der Waals surface area contributed by atoms with Crippen molar-refractivity contribution >= 4 is 28.6 Å². The third-order valence-electron chi connectivity index (χ3n) is 7.29. The third kappa shape index (κ3) is 8.59. The van der Waals surface area contributed by atoms with E-state index in [1.807, 2.05) is 36.4 Å². The molecule has 0 spiro atoms. The number of carbonyl (C=O) groups is 1. The number of benzene rings is 3. The summed E-state index contributed by atoms with van der Waals surface area (Å²) in [5, 5.41) is 8.06. The number of alkyl halides is 3. The number of rotatable bonds is 10. The summed E-state index contributed by atoms with van der Waals surface area (Å²) in [6, 6.07) is 18.9. The Bertz CT molecular complexity index is 1660. The number of amidine groups is 1. The minimum Gasteiger partial charge on any atom is -0.497 e. The molecule has 1 aliphatic rings. The van der Waals surface area contributed by atoms with Crippen molar-refractivity contribution in [2.24, 2.45) is 4.99 Å². The van der Waals surface area contributed by atoms with Crippen LogP contribution >= 0.6 is 11.8 Å². The molecule has 0 bridgehead atoms. The monoisotopic (exact) mass is 652 g/mol. The van der Waals surface area contributed by atoms with Crippen molar-refractivity contribution < 1.29 is 27.4 Å². The van der Waals surface area contributed by atoms with Crippen LogP contribution in [-0.4, -0.2) is 58.3 Å². The predicted molar refractivity (Wildman–Crippen MR) is 174 cm³/mol. The highest BCUT2D eigenvalue weighted by molar-refractivity contribution is 8.14. The Kier molecular flexibility index (Phi) is 10.5. The van der Waals surface area contributed by atoms with E-state index in [9.17, 15) is 18.0 Å². The number of aliphatic imine (C=N–C) groups is 1. The number of hydrogen-bond donors (Lipinski definition) is 1. The maximum absolute atomic E-state index is 12.8. The van der Waals surface area contributed by atoms with Gasteiger partial charge in [-0.2, -0.15) is 4.99 Å². The van der Waals surface area contributed by atoms with Crippen LogP contribution in [0, 0.1) is 0 Å². The minimum atomic E-state index is -4.75. The third-order valence-corrected chi connectivity index (χ3v) is 8.36. The van der Waals surface area contributed by atoms with Crippen LogP contribution < -0.4 is 19.7 Å². The molecule has 3 aromatic carbocycles. The second-order valence-corrected chi connectivity index (χ2v) is 12.0. The van der Waals surface area contributed by atoms with Gasteiger partial charge in [-0.05, 0) is 66.6 Å². The molecule has 0 saturated carbocycles. The van der Waals surface area contributed by atoms with Crippen molar-refractivity contribution in [3.63, 3.8) is 0 Å². The quantitative estimate of drug-likeness (QED) is 0.176. The first-order valence-electron chi connectivity index (χ1n) is 14.9. The number of amides is 2. The van der Waals surface area contributed by atoms with Crippen LogP contribution in [0.4, 0.5) is 23.7 Å². The summed E-state index contributed by atoms with van der Waals surface area (Å²) in [6.07, 6.45) is -0.756. The molecule has 46 heavy (non-hydrogen) atoms. The van der Waals surface area contributed by atoms with Gasteiger partial charge in [0.1, 0.15) is 17.8 Å². The molecule has 13 heteroatoms. The summed E-state index contributed by atoms with van der Waals surface area (Å²) < 4.78 is 48.1. The lowest BCUT2D eigenvalue weighted by Crippen LogP contribution is -2.36. The second kappa shape index (κ2) is 14.7. The van der Waals surface area contributed by atoms with Gasteiger partial charge in [0, 0.05) is 36.2 Å². The molecule has 1 aromatic heterocycles. The van der Waals surface area contributed by atoms with Gasteiger partial charge in [-0.25, -0.2) is 14.5 Å². The van der Waals surface area contributed by atoms with Crippen molar-refractivity contribution in [2.75, 3.05) is 30.9 Å². The Hall–Kier alpha value is -4.52. The summed E-state index contributed by atoms with van der Waals surface area (Å²) in [4.78, 5) is 23.7. The van der Waals surface area contributed by atoms with E-state index in [-0.39, 0.29) is 11.8 Å². The van der Waals surface area contributed by atoms with Gasteiger partial charge in [0.25, 0.3) is 0 Å². The summed E-state index contributed by atoms with van der Waals surface area (Å²) in [5.41, 5.74) is 4.64. The fourth-order valence-electron chi connectivity index (χ4n) is 5.00. The summed E-state index contributed by atoms with van der Waals surface area (Å²) in [5.74, 6) is 2.16. The summed E-state index contributed by atoms with van der Waals surface area (Å²) in [7, 11) is 1.65. The summed E-state index contributed by atoms with van der Waals surface area (Å²) in [6.45, 7) is 5.56. The lowest BCUT2D eigenvalue weighted by atomic mass is 10.00. The molecule has 9 nitrogen and oxygen atoms in total. The highest BCUT2D eigenvalue weighted by atomic mass is 32.2. The normalized spacial score (nSPS) is 14.5. The van der Waals surface area contributed by atoms with Crippen LogP contribution in [0.2, 0.25) is 0 Å². The first-order valence-corrected chi connectivity index (χ1v) is 15.9. The van der Waals surface area contributed by atoms with Crippen LogP contribution in [0.3, 0.4) is 0 Å². The Morgan fingerprint density at radius 3 is 2.50 bits per heavy atom. The van der Waals surface area contributed by atoms with Crippen LogP contribution in [0.25, 0.3) is 17.1 Å². The molecule has 0 unspecified atom stereocenters. The van der Waals surface area contributed by atoms with Gasteiger partial charge in [0.15, 0.2) is 11.0 Å². The lowest BCUT2D eigenvalue weighted by molar-refractivity contribution is -0.274. The highest BCUT2D eigenvalue weighted by Crippen LogP contribution is 2.35. The smallest absolute Gasteiger partial charge is 0.497 e. The number of nitrogens with zero attached hydrogens (tertiary/aromatic N) is 5. The average molecular weight is 653 g/mol.